The van der Waals surface area contributed by atoms with E-state index in [9.17, 15) is 0 Å². The third-order valence-corrected chi connectivity index (χ3v) is 4.76. The number of rotatable bonds is 5. The molecule has 1 saturated heterocycles. The van der Waals surface area contributed by atoms with Crippen LogP contribution >= 0.6 is 27.5 Å². The highest BCUT2D eigenvalue weighted by Gasteiger charge is 2.19. The summed E-state index contributed by atoms with van der Waals surface area (Å²) >= 11 is 9.73. The molecule has 0 aromatic heterocycles. The first kappa shape index (κ1) is 15.3. The highest BCUT2D eigenvalue weighted by Crippen LogP contribution is 2.25. The fourth-order valence-corrected chi connectivity index (χ4v) is 3.41. The number of nitrogens with zero attached hydrogens (tertiary/aromatic N) is 1. The molecule has 1 aromatic carbocycles. The summed E-state index contributed by atoms with van der Waals surface area (Å²) in [5, 5.41) is 4.11. The van der Waals surface area contributed by atoms with Crippen molar-refractivity contribution in [3.05, 3.63) is 33.3 Å². The van der Waals surface area contributed by atoms with E-state index in [0.29, 0.717) is 0 Å². The topological polar surface area (TPSA) is 15.3 Å². The summed E-state index contributed by atoms with van der Waals surface area (Å²) in [6, 6.07) is 6.18. The molecule has 1 fully saturated rings. The Balaban J connectivity index is 1.82. The van der Waals surface area contributed by atoms with Crippen LogP contribution in [0.4, 0.5) is 0 Å². The third kappa shape index (κ3) is 4.75. The number of halogens is 2. The van der Waals surface area contributed by atoms with Gasteiger partial charge in [0, 0.05) is 16.0 Å². The molecule has 1 aliphatic heterocycles. The predicted molar refractivity (Wildman–Crippen MR) is 85.7 cm³/mol. The first-order chi connectivity index (χ1) is 9.19. The lowest BCUT2D eigenvalue weighted by Crippen LogP contribution is -2.34. The van der Waals surface area contributed by atoms with E-state index in [0.717, 1.165) is 28.5 Å². The van der Waals surface area contributed by atoms with Gasteiger partial charge in [-0.2, -0.15) is 0 Å². The summed E-state index contributed by atoms with van der Waals surface area (Å²) in [5.41, 5.74) is 1.23. The second kappa shape index (κ2) is 7.63. The normalized spacial score (nSPS) is 17.8. The first-order valence-electron chi connectivity index (χ1n) is 7.00. The van der Waals surface area contributed by atoms with Crippen LogP contribution in [0, 0.1) is 5.92 Å². The van der Waals surface area contributed by atoms with Crippen molar-refractivity contribution < 1.29 is 0 Å². The Morgan fingerprint density at radius 1 is 1.37 bits per heavy atom. The number of nitrogens with one attached hydrogen (secondary N) is 1. The van der Waals surface area contributed by atoms with E-state index in [1.807, 2.05) is 13.1 Å². The molecule has 19 heavy (non-hydrogen) atoms. The van der Waals surface area contributed by atoms with Gasteiger partial charge in [0.05, 0.1) is 0 Å². The molecule has 0 amide bonds. The second-order valence-electron chi connectivity index (χ2n) is 5.35. The molecule has 0 unspecified atom stereocenters. The molecule has 0 spiro atoms. The van der Waals surface area contributed by atoms with Crippen LogP contribution < -0.4 is 5.32 Å². The lowest BCUT2D eigenvalue weighted by atomic mass is 9.93. The van der Waals surface area contributed by atoms with E-state index in [1.54, 1.807) is 0 Å². The Morgan fingerprint density at radius 2 is 2.11 bits per heavy atom. The van der Waals surface area contributed by atoms with Crippen LogP contribution in [0.1, 0.15) is 24.8 Å². The van der Waals surface area contributed by atoms with E-state index >= 15 is 0 Å². The summed E-state index contributed by atoms with van der Waals surface area (Å²) in [6.45, 7) is 4.51. The van der Waals surface area contributed by atoms with E-state index in [4.69, 9.17) is 11.6 Å². The molecule has 106 valence electrons. The fourth-order valence-electron chi connectivity index (χ4n) is 2.67. The molecule has 0 bridgehead atoms. The van der Waals surface area contributed by atoms with Crippen molar-refractivity contribution in [1.29, 1.82) is 0 Å². The molecule has 0 atom stereocenters. The van der Waals surface area contributed by atoms with Gasteiger partial charge in [-0.15, -0.1) is 0 Å². The van der Waals surface area contributed by atoms with E-state index in [2.05, 4.69) is 38.3 Å². The average molecular weight is 346 g/mol. The van der Waals surface area contributed by atoms with Gasteiger partial charge in [0.15, 0.2) is 0 Å². The molecule has 4 heteroatoms. The number of piperidine rings is 1. The minimum Gasteiger partial charge on any atom is -0.320 e. The molecule has 2 nitrogen and oxygen atoms in total. The Labute approximate surface area is 129 Å². The molecule has 0 radical (unpaired) electrons. The van der Waals surface area contributed by atoms with Gasteiger partial charge in [-0.3, -0.25) is 4.90 Å². The summed E-state index contributed by atoms with van der Waals surface area (Å²) in [5.74, 6) is 0.893. The zero-order valence-corrected chi connectivity index (χ0v) is 13.8. The molecular formula is C15H22BrClN2. The zero-order chi connectivity index (χ0) is 13.7. The van der Waals surface area contributed by atoms with Gasteiger partial charge in [0.1, 0.15) is 0 Å². The van der Waals surface area contributed by atoms with E-state index in [1.165, 1.54) is 37.9 Å². The standard InChI is InChI=1S/C15H22BrClN2/c1-18-7-4-12-5-8-19(9-6-12)11-13-2-3-14(16)10-15(13)17/h2-3,10,12,18H,4-9,11H2,1H3. The Kier molecular flexibility index (Phi) is 6.14. The van der Waals surface area contributed by atoms with Crippen molar-refractivity contribution >= 4 is 27.5 Å². The maximum atomic E-state index is 6.28. The third-order valence-electron chi connectivity index (χ3n) is 3.92. The molecular weight excluding hydrogens is 324 g/mol. The first-order valence-corrected chi connectivity index (χ1v) is 8.17. The van der Waals surface area contributed by atoms with Crippen LogP contribution in [0.2, 0.25) is 5.02 Å². The van der Waals surface area contributed by atoms with Gasteiger partial charge in [0.25, 0.3) is 0 Å². The number of benzene rings is 1. The molecule has 1 aliphatic rings. The van der Waals surface area contributed by atoms with Crippen molar-refractivity contribution in [2.75, 3.05) is 26.7 Å². The van der Waals surface area contributed by atoms with Crippen molar-refractivity contribution in [1.82, 2.24) is 10.2 Å². The van der Waals surface area contributed by atoms with Gasteiger partial charge in [-0.25, -0.2) is 0 Å². The molecule has 0 aliphatic carbocycles. The monoisotopic (exact) mass is 344 g/mol. The summed E-state index contributed by atoms with van der Waals surface area (Å²) in [4.78, 5) is 2.52. The van der Waals surface area contributed by atoms with E-state index < -0.39 is 0 Å². The maximum Gasteiger partial charge on any atom is 0.0462 e. The highest BCUT2D eigenvalue weighted by atomic mass is 79.9. The van der Waals surface area contributed by atoms with Crippen LogP contribution in [0.3, 0.4) is 0 Å². The van der Waals surface area contributed by atoms with Gasteiger partial charge < -0.3 is 5.32 Å². The fraction of sp³-hybridized carbons (Fsp3) is 0.600. The molecule has 1 heterocycles. The van der Waals surface area contributed by atoms with Crippen LogP contribution in [0.5, 0.6) is 0 Å². The molecule has 1 aromatic rings. The lowest BCUT2D eigenvalue weighted by Gasteiger charge is -2.32. The highest BCUT2D eigenvalue weighted by molar-refractivity contribution is 9.10. The van der Waals surface area contributed by atoms with Crippen molar-refractivity contribution in [3.8, 4) is 0 Å². The van der Waals surface area contributed by atoms with Gasteiger partial charge >= 0.3 is 0 Å². The van der Waals surface area contributed by atoms with Gasteiger partial charge in [-0.05, 0) is 69.6 Å². The smallest absolute Gasteiger partial charge is 0.0462 e. The Hall–Kier alpha value is -0.0900. The summed E-state index contributed by atoms with van der Waals surface area (Å²) < 4.78 is 1.05. The van der Waals surface area contributed by atoms with Crippen molar-refractivity contribution in [3.63, 3.8) is 0 Å². The number of likely N-dealkylation sites (tertiary alicyclic amines) is 1. The largest absolute Gasteiger partial charge is 0.320 e. The van der Waals surface area contributed by atoms with Gasteiger partial charge in [-0.1, -0.05) is 33.6 Å². The van der Waals surface area contributed by atoms with Gasteiger partial charge in [0.2, 0.25) is 0 Å². The minimum absolute atomic E-state index is 0.867. The number of hydrogen-bond acceptors (Lipinski definition) is 2. The predicted octanol–water partition coefficient (Wildman–Crippen LogP) is 3.92. The molecule has 0 saturated carbocycles. The maximum absolute atomic E-state index is 6.28. The van der Waals surface area contributed by atoms with Crippen LogP contribution in [0.15, 0.2) is 22.7 Å². The second-order valence-corrected chi connectivity index (χ2v) is 6.67. The number of hydrogen-bond donors (Lipinski definition) is 1. The lowest BCUT2D eigenvalue weighted by molar-refractivity contribution is 0.172. The van der Waals surface area contributed by atoms with Crippen molar-refractivity contribution in [2.45, 2.75) is 25.8 Å². The van der Waals surface area contributed by atoms with Crippen molar-refractivity contribution in [2.24, 2.45) is 5.92 Å². The SMILES string of the molecule is CNCCC1CCN(Cc2ccc(Br)cc2Cl)CC1. The summed E-state index contributed by atoms with van der Waals surface area (Å²) in [7, 11) is 2.03. The molecule has 1 N–H and O–H groups in total. The van der Waals surface area contributed by atoms with E-state index in [-0.39, 0.29) is 0 Å². The molecule has 2 rings (SSSR count). The Bertz CT molecular complexity index is 403. The Morgan fingerprint density at radius 3 is 2.74 bits per heavy atom. The quantitative estimate of drug-likeness (QED) is 0.870. The average Bonchev–Trinajstić information content (AvgIpc) is 2.41. The minimum atomic E-state index is 0.867. The van der Waals surface area contributed by atoms with Crippen LogP contribution in [-0.4, -0.2) is 31.6 Å². The van der Waals surface area contributed by atoms with Crippen LogP contribution in [-0.2, 0) is 6.54 Å². The zero-order valence-electron chi connectivity index (χ0n) is 11.5. The summed E-state index contributed by atoms with van der Waals surface area (Å²) in [6.07, 6.45) is 3.94. The van der Waals surface area contributed by atoms with Crippen LogP contribution in [0.25, 0.3) is 0 Å².